The highest BCUT2D eigenvalue weighted by molar-refractivity contribution is 7.71. The Kier molecular flexibility index (Phi) is 6.06. The third kappa shape index (κ3) is 4.34. The van der Waals surface area contributed by atoms with Crippen LogP contribution in [0, 0.1) is 0 Å². The van der Waals surface area contributed by atoms with Crippen molar-refractivity contribution in [3.63, 3.8) is 0 Å². The van der Waals surface area contributed by atoms with Crippen molar-refractivity contribution in [3.8, 4) is 27.3 Å². The van der Waals surface area contributed by atoms with Gasteiger partial charge in [-0.25, -0.2) is 8.42 Å². The quantitative estimate of drug-likeness (QED) is 0.409. The van der Waals surface area contributed by atoms with Gasteiger partial charge in [0.1, 0.15) is 15.7 Å². The molecule has 0 atom stereocenters. The summed E-state index contributed by atoms with van der Waals surface area (Å²) in [6.45, 7) is 0. The Balaban J connectivity index is 1.91. The summed E-state index contributed by atoms with van der Waals surface area (Å²) in [6, 6.07) is 17.5. The number of thiol groups is 1. The van der Waals surface area contributed by atoms with Gasteiger partial charge in [0, 0.05) is 10.6 Å². The van der Waals surface area contributed by atoms with Gasteiger partial charge in [0.2, 0.25) is 0 Å². The van der Waals surface area contributed by atoms with E-state index >= 15 is 0 Å². The first-order chi connectivity index (χ1) is 14.4. The van der Waals surface area contributed by atoms with E-state index in [2.05, 4.69) is 5.10 Å². The Hall–Kier alpha value is -2.45. The summed E-state index contributed by atoms with van der Waals surface area (Å²) in [5, 5.41) is 5.52. The second kappa shape index (κ2) is 8.73. The van der Waals surface area contributed by atoms with Gasteiger partial charge in [-0.2, -0.15) is 9.78 Å². The number of benzene rings is 2. The minimum Gasteiger partial charge on any atom is -0.267 e. The van der Waals surface area contributed by atoms with Crippen LogP contribution in [0.4, 0.5) is 0 Å². The zero-order chi connectivity index (χ0) is 21.3. The van der Waals surface area contributed by atoms with Crippen molar-refractivity contribution < 1.29 is 8.42 Å². The van der Waals surface area contributed by atoms with Crippen LogP contribution in [0.5, 0.6) is 0 Å². The van der Waals surface area contributed by atoms with Crippen LogP contribution in [-0.4, -0.2) is 18.2 Å². The third-order valence-corrected chi connectivity index (χ3v) is 6.54. The lowest BCUT2D eigenvalue weighted by Crippen LogP contribution is -2.22. The minimum atomic E-state index is -2.51. The topological polar surface area (TPSA) is 69.0 Å². The number of hydrogen-bond acceptors (Lipinski definition) is 5. The van der Waals surface area contributed by atoms with Crippen molar-refractivity contribution >= 4 is 45.2 Å². The first-order valence-electron chi connectivity index (χ1n) is 8.77. The molecule has 0 radical (unpaired) electrons. The van der Waals surface area contributed by atoms with Gasteiger partial charge >= 0.3 is 0 Å². The number of hydrogen-bond donors (Lipinski definition) is 1. The highest BCUT2D eigenvalue weighted by Gasteiger charge is 2.17. The molecule has 4 aromatic rings. The zero-order valence-electron chi connectivity index (χ0n) is 15.3. The highest BCUT2D eigenvalue weighted by atomic mass is 35.5. The minimum absolute atomic E-state index is 0.0291. The molecule has 0 amide bonds. The van der Waals surface area contributed by atoms with Crippen LogP contribution in [-0.2, 0) is 16.5 Å². The highest BCUT2D eigenvalue weighted by Crippen LogP contribution is 2.31. The van der Waals surface area contributed by atoms with Gasteiger partial charge in [0.25, 0.3) is 5.56 Å². The number of nitrogens with zero attached hydrogens (tertiary/aromatic N) is 2. The van der Waals surface area contributed by atoms with E-state index in [4.69, 9.17) is 23.2 Å². The van der Waals surface area contributed by atoms with Crippen molar-refractivity contribution in [1.82, 2.24) is 9.78 Å². The second-order valence-corrected chi connectivity index (χ2v) is 9.53. The van der Waals surface area contributed by atoms with Gasteiger partial charge in [0.05, 0.1) is 21.8 Å². The molecule has 0 saturated carbocycles. The number of halogens is 2. The molecule has 0 bridgehead atoms. The molecule has 5 nitrogen and oxygen atoms in total. The molecule has 4 rings (SSSR count). The molecule has 0 unspecified atom stereocenters. The average Bonchev–Trinajstić information content (AvgIpc) is 3.15. The fraction of sp³-hybridized carbons (Fsp3) is 0.0476. The van der Waals surface area contributed by atoms with E-state index in [1.54, 1.807) is 66.9 Å². The van der Waals surface area contributed by atoms with E-state index in [-0.39, 0.29) is 11.3 Å². The molecule has 0 fully saturated rings. The van der Waals surface area contributed by atoms with Crippen LogP contribution in [0.15, 0.2) is 71.7 Å². The van der Waals surface area contributed by atoms with Crippen molar-refractivity contribution in [3.05, 3.63) is 92.1 Å². The van der Waals surface area contributed by atoms with E-state index in [1.165, 1.54) is 16.0 Å². The summed E-state index contributed by atoms with van der Waals surface area (Å²) < 4.78 is 23.8. The zero-order valence-corrected chi connectivity index (χ0v) is 18.5. The number of thiophene rings is 1. The Morgan fingerprint density at radius 1 is 0.900 bits per heavy atom. The Morgan fingerprint density at radius 2 is 1.57 bits per heavy atom. The fourth-order valence-corrected chi connectivity index (χ4v) is 4.71. The Bertz CT molecular complexity index is 1330. The van der Waals surface area contributed by atoms with Crippen LogP contribution in [0.25, 0.3) is 27.3 Å². The van der Waals surface area contributed by atoms with Gasteiger partial charge in [-0.3, -0.25) is 4.79 Å². The van der Waals surface area contributed by atoms with Crippen molar-refractivity contribution in [1.29, 1.82) is 0 Å². The molecular weight excluding hydrogens is 463 g/mol. The molecule has 9 heteroatoms. The summed E-state index contributed by atoms with van der Waals surface area (Å²) in [7, 11) is -2.51. The van der Waals surface area contributed by atoms with Gasteiger partial charge in [-0.15, -0.1) is 11.3 Å². The maximum Gasteiger partial charge on any atom is 0.280 e. The van der Waals surface area contributed by atoms with E-state index in [0.717, 1.165) is 5.56 Å². The lowest BCUT2D eigenvalue weighted by molar-refractivity contribution is 0.614. The van der Waals surface area contributed by atoms with Crippen LogP contribution in [0.3, 0.4) is 0 Å². The lowest BCUT2D eigenvalue weighted by Gasteiger charge is -2.12. The molecule has 2 aromatic carbocycles. The molecule has 2 aromatic heterocycles. The largest absolute Gasteiger partial charge is 0.280 e. The molecule has 2 heterocycles. The van der Waals surface area contributed by atoms with Gasteiger partial charge in [-0.05, 0) is 41.0 Å². The summed E-state index contributed by atoms with van der Waals surface area (Å²) in [4.78, 5) is 13.4. The monoisotopic (exact) mass is 476 g/mol. The molecule has 0 aliphatic carbocycles. The molecular formula is C21H14Cl2N2O3S2. The third-order valence-electron chi connectivity index (χ3n) is 4.46. The molecule has 0 aliphatic heterocycles. The number of aromatic nitrogens is 2. The SMILES string of the molecule is O=c1c(-c2ccc(Cl)cc2)c(-c2ccc(C[SH](=O)=O)cc2)cnn1-c1ccc(Cl)s1. The predicted molar refractivity (Wildman–Crippen MR) is 123 cm³/mol. The molecule has 0 saturated heterocycles. The van der Waals surface area contributed by atoms with Crippen molar-refractivity contribution in [2.45, 2.75) is 5.75 Å². The van der Waals surface area contributed by atoms with Crippen molar-refractivity contribution in [2.75, 3.05) is 0 Å². The van der Waals surface area contributed by atoms with E-state index in [0.29, 0.717) is 36.6 Å². The normalized spacial score (nSPS) is 11.2. The number of rotatable bonds is 5. The van der Waals surface area contributed by atoms with Gasteiger partial charge in [-0.1, -0.05) is 59.6 Å². The summed E-state index contributed by atoms with van der Waals surface area (Å²) in [6.07, 6.45) is 1.63. The molecule has 0 aliphatic rings. The van der Waals surface area contributed by atoms with E-state index < -0.39 is 10.7 Å². The van der Waals surface area contributed by atoms with Crippen LogP contribution >= 0.6 is 34.5 Å². The van der Waals surface area contributed by atoms with Crippen LogP contribution in [0.1, 0.15) is 5.56 Å². The molecule has 0 N–H and O–H groups in total. The summed E-state index contributed by atoms with van der Waals surface area (Å²) in [5.74, 6) is -0.0291. The molecule has 152 valence electrons. The second-order valence-electron chi connectivity index (χ2n) is 6.42. The molecule has 30 heavy (non-hydrogen) atoms. The fourth-order valence-electron chi connectivity index (χ4n) is 3.08. The van der Waals surface area contributed by atoms with Crippen LogP contribution in [0.2, 0.25) is 9.36 Å². The average molecular weight is 477 g/mol. The van der Waals surface area contributed by atoms with Gasteiger partial charge in [0.15, 0.2) is 0 Å². The lowest BCUT2D eigenvalue weighted by atomic mass is 9.97. The van der Waals surface area contributed by atoms with Crippen molar-refractivity contribution in [2.24, 2.45) is 0 Å². The standard InChI is InChI=1S/C21H14Cl2N2O3S2/c22-16-7-5-15(6-8-16)20-17(14-3-1-13(2-4-14)12-30(27)28)11-24-25(21(20)26)19-10-9-18(23)29-19/h1-11,30H,12H2. The Morgan fingerprint density at radius 3 is 2.17 bits per heavy atom. The first-order valence-corrected chi connectivity index (χ1v) is 11.7. The predicted octanol–water partition coefficient (Wildman–Crippen LogP) is 5.05. The smallest absolute Gasteiger partial charge is 0.267 e. The van der Waals surface area contributed by atoms with Crippen LogP contribution < -0.4 is 5.56 Å². The Labute approximate surface area is 188 Å². The maximum absolute atomic E-state index is 13.4. The first kappa shape index (κ1) is 20.8. The summed E-state index contributed by atoms with van der Waals surface area (Å²) >= 11 is 13.3. The maximum atomic E-state index is 13.4. The van der Waals surface area contributed by atoms with Gasteiger partial charge < -0.3 is 0 Å². The van der Waals surface area contributed by atoms with E-state index in [9.17, 15) is 13.2 Å². The summed E-state index contributed by atoms with van der Waals surface area (Å²) in [5.41, 5.74) is 2.95. The van der Waals surface area contributed by atoms with E-state index in [1.807, 2.05) is 0 Å². The molecule has 0 spiro atoms.